The van der Waals surface area contributed by atoms with Crippen molar-refractivity contribution in [1.82, 2.24) is 19.9 Å². The van der Waals surface area contributed by atoms with E-state index in [1.54, 1.807) is 12.3 Å². The molecule has 1 aromatic carbocycles. The number of pyridine rings is 1. The number of halogens is 1. The highest BCUT2D eigenvalue weighted by atomic mass is 19.1. The van der Waals surface area contributed by atoms with Crippen LogP contribution < -0.4 is 25.8 Å². The Bertz CT molecular complexity index is 1310. The fraction of sp³-hybridized carbons (Fsp3) is 0.417. The topological polar surface area (TPSA) is 101 Å². The number of carbonyl (C=O) groups is 1. The SMILES string of the molecule is COc1ncc2c(N3C[C@H](C)N[C@@H](C)C3)ccc(C(=O)Nc3cc(F)c(=O)n(C4CC4)c3)c2n1. The molecule has 0 bridgehead atoms. The number of nitrogens with zero attached hydrogens (tertiary/aromatic N) is 4. The Labute approximate surface area is 196 Å². The van der Waals surface area contributed by atoms with E-state index in [9.17, 15) is 14.0 Å². The summed E-state index contributed by atoms with van der Waals surface area (Å²) in [6.07, 6.45) is 4.81. The Morgan fingerprint density at radius 1 is 1.24 bits per heavy atom. The number of carbonyl (C=O) groups excluding carboxylic acids is 1. The number of piperazine rings is 1. The van der Waals surface area contributed by atoms with Crippen LogP contribution in [-0.2, 0) is 0 Å². The van der Waals surface area contributed by atoms with Crippen molar-refractivity contribution in [2.24, 2.45) is 0 Å². The molecule has 1 aliphatic heterocycles. The average molecular weight is 467 g/mol. The Morgan fingerprint density at radius 3 is 2.65 bits per heavy atom. The third-order valence-electron chi connectivity index (χ3n) is 6.23. The maximum Gasteiger partial charge on any atom is 0.316 e. The molecule has 1 aliphatic carbocycles. The van der Waals surface area contributed by atoms with E-state index in [2.05, 4.69) is 39.3 Å². The predicted octanol–water partition coefficient (Wildman–Crippen LogP) is 2.71. The summed E-state index contributed by atoms with van der Waals surface area (Å²) in [7, 11) is 1.47. The number of hydrogen-bond donors (Lipinski definition) is 2. The van der Waals surface area contributed by atoms with Gasteiger partial charge in [-0.1, -0.05) is 0 Å². The smallest absolute Gasteiger partial charge is 0.316 e. The summed E-state index contributed by atoms with van der Waals surface area (Å²) in [6.45, 7) is 5.87. The summed E-state index contributed by atoms with van der Waals surface area (Å²) < 4.78 is 20.8. The highest BCUT2D eigenvalue weighted by Gasteiger charge is 2.27. The van der Waals surface area contributed by atoms with Gasteiger partial charge in [-0.3, -0.25) is 9.59 Å². The second-order valence-electron chi connectivity index (χ2n) is 9.10. The molecule has 3 heterocycles. The van der Waals surface area contributed by atoms with Crippen molar-refractivity contribution in [3.8, 4) is 6.01 Å². The second-order valence-corrected chi connectivity index (χ2v) is 9.10. The molecule has 2 atom stereocenters. The van der Waals surface area contributed by atoms with Crippen molar-refractivity contribution < 1.29 is 13.9 Å². The minimum atomic E-state index is -0.893. The lowest BCUT2D eigenvalue weighted by Gasteiger charge is -2.38. The standard InChI is InChI=1S/C24H27FN6O3/c1-13-10-30(11-14(2)27-13)20-7-6-17(21-18(20)9-26-24(29-21)34-3)22(32)28-15-8-19(25)23(33)31(12-15)16-4-5-16/h6-9,12-14,16,27H,4-5,10-11H2,1-3H3,(H,28,32)/t13-,14-/m0/s1. The second kappa shape index (κ2) is 8.68. The van der Waals surface area contributed by atoms with Gasteiger partial charge in [-0.2, -0.15) is 4.98 Å². The van der Waals surface area contributed by atoms with Gasteiger partial charge in [0, 0.05) is 60.7 Å². The van der Waals surface area contributed by atoms with Crippen molar-refractivity contribution in [2.75, 3.05) is 30.4 Å². The minimum absolute atomic E-state index is 0.0141. The zero-order valence-electron chi connectivity index (χ0n) is 19.3. The quantitative estimate of drug-likeness (QED) is 0.596. The molecular formula is C24H27FN6O3. The fourth-order valence-electron chi connectivity index (χ4n) is 4.63. The molecule has 2 N–H and O–H groups in total. The van der Waals surface area contributed by atoms with Gasteiger partial charge in [0.25, 0.3) is 11.5 Å². The molecule has 2 aliphatic rings. The lowest BCUT2D eigenvalue weighted by atomic mass is 10.0. The zero-order chi connectivity index (χ0) is 24.0. The number of methoxy groups -OCH3 is 1. The molecule has 1 amide bonds. The van der Waals surface area contributed by atoms with Crippen molar-refractivity contribution >= 4 is 28.2 Å². The highest BCUT2D eigenvalue weighted by Crippen LogP contribution is 2.34. The molecule has 2 aromatic heterocycles. The van der Waals surface area contributed by atoms with Gasteiger partial charge in [-0.05, 0) is 38.8 Å². The molecule has 0 radical (unpaired) electrons. The first kappa shape index (κ1) is 22.3. The maximum atomic E-state index is 14.2. The number of benzene rings is 1. The molecule has 1 saturated carbocycles. The van der Waals surface area contributed by atoms with Crippen LogP contribution in [-0.4, -0.2) is 52.7 Å². The summed E-state index contributed by atoms with van der Waals surface area (Å²) in [4.78, 5) is 36.3. The van der Waals surface area contributed by atoms with Crippen LogP contribution in [0.25, 0.3) is 10.9 Å². The number of fused-ring (bicyclic) bond motifs is 1. The van der Waals surface area contributed by atoms with E-state index in [1.165, 1.54) is 17.9 Å². The van der Waals surface area contributed by atoms with Crippen molar-refractivity contribution in [3.05, 3.63) is 52.3 Å². The van der Waals surface area contributed by atoms with Gasteiger partial charge in [0.05, 0.1) is 23.9 Å². The third-order valence-corrected chi connectivity index (χ3v) is 6.23. The Kier molecular flexibility index (Phi) is 5.68. The average Bonchev–Trinajstić information content (AvgIpc) is 3.64. The maximum absolute atomic E-state index is 14.2. The zero-order valence-corrected chi connectivity index (χ0v) is 19.3. The van der Waals surface area contributed by atoms with Crippen molar-refractivity contribution in [3.63, 3.8) is 0 Å². The van der Waals surface area contributed by atoms with Crippen molar-refractivity contribution in [1.29, 1.82) is 0 Å². The van der Waals surface area contributed by atoms with Crippen LogP contribution >= 0.6 is 0 Å². The Morgan fingerprint density at radius 2 is 1.97 bits per heavy atom. The first-order valence-corrected chi connectivity index (χ1v) is 11.4. The lowest BCUT2D eigenvalue weighted by Crippen LogP contribution is -2.54. The number of nitrogens with one attached hydrogen (secondary N) is 2. The van der Waals surface area contributed by atoms with E-state index in [4.69, 9.17) is 4.74 Å². The first-order chi connectivity index (χ1) is 16.3. The predicted molar refractivity (Wildman–Crippen MR) is 127 cm³/mol. The number of aromatic nitrogens is 3. The third kappa shape index (κ3) is 4.21. The van der Waals surface area contributed by atoms with E-state index in [0.29, 0.717) is 23.2 Å². The first-order valence-electron chi connectivity index (χ1n) is 11.4. The fourth-order valence-corrected chi connectivity index (χ4v) is 4.63. The molecule has 10 heteroatoms. The van der Waals surface area contributed by atoms with Gasteiger partial charge >= 0.3 is 6.01 Å². The number of hydrogen-bond acceptors (Lipinski definition) is 7. The largest absolute Gasteiger partial charge is 0.467 e. The molecule has 9 nitrogen and oxygen atoms in total. The minimum Gasteiger partial charge on any atom is -0.467 e. The monoisotopic (exact) mass is 466 g/mol. The molecule has 1 saturated heterocycles. The van der Waals surface area contributed by atoms with E-state index >= 15 is 0 Å². The van der Waals surface area contributed by atoms with Gasteiger partial charge < -0.3 is 24.8 Å². The van der Waals surface area contributed by atoms with Gasteiger partial charge in [0.1, 0.15) is 0 Å². The molecule has 178 valence electrons. The number of ether oxygens (including phenoxy) is 1. The summed E-state index contributed by atoms with van der Waals surface area (Å²) in [5.74, 6) is -1.35. The van der Waals surface area contributed by atoms with Crippen LogP contribution in [0.2, 0.25) is 0 Å². The van der Waals surface area contributed by atoms with Crippen LogP contribution in [0.15, 0.2) is 35.4 Å². The van der Waals surface area contributed by atoms with E-state index in [1.807, 2.05) is 6.07 Å². The van der Waals surface area contributed by atoms with Gasteiger partial charge in [-0.15, -0.1) is 0 Å². The molecule has 34 heavy (non-hydrogen) atoms. The molecule has 0 unspecified atom stereocenters. The number of amides is 1. The van der Waals surface area contributed by atoms with Gasteiger partial charge in [-0.25, -0.2) is 9.37 Å². The molecule has 2 fully saturated rings. The normalized spacial score (nSPS) is 20.4. The van der Waals surface area contributed by atoms with Gasteiger partial charge in [0.15, 0.2) is 5.82 Å². The van der Waals surface area contributed by atoms with Crippen LogP contribution in [0.1, 0.15) is 43.1 Å². The van der Waals surface area contributed by atoms with E-state index in [-0.39, 0.29) is 17.7 Å². The van der Waals surface area contributed by atoms with E-state index < -0.39 is 17.3 Å². The van der Waals surface area contributed by atoms with Crippen LogP contribution in [0, 0.1) is 5.82 Å². The number of rotatable bonds is 5. The highest BCUT2D eigenvalue weighted by molar-refractivity contribution is 6.13. The van der Waals surface area contributed by atoms with Crippen molar-refractivity contribution in [2.45, 2.75) is 44.8 Å². The van der Waals surface area contributed by atoms with Crippen LogP contribution in [0.3, 0.4) is 0 Å². The molecular weight excluding hydrogens is 439 g/mol. The molecule has 0 spiro atoms. The lowest BCUT2D eigenvalue weighted by molar-refractivity contribution is 0.102. The van der Waals surface area contributed by atoms with Crippen LogP contribution in [0.5, 0.6) is 6.01 Å². The number of anilines is 2. The molecule has 5 rings (SSSR count). The summed E-state index contributed by atoms with van der Waals surface area (Å²) in [6, 6.07) is 5.40. The molecule has 3 aromatic rings. The Hall–Kier alpha value is -3.53. The van der Waals surface area contributed by atoms with Gasteiger partial charge in [0.2, 0.25) is 0 Å². The van der Waals surface area contributed by atoms with Crippen LogP contribution in [0.4, 0.5) is 15.8 Å². The summed E-state index contributed by atoms with van der Waals surface area (Å²) in [5, 5.41) is 6.97. The summed E-state index contributed by atoms with van der Waals surface area (Å²) in [5.41, 5.74) is 1.23. The Balaban J connectivity index is 1.53. The van der Waals surface area contributed by atoms with E-state index in [0.717, 1.165) is 43.1 Å². The summed E-state index contributed by atoms with van der Waals surface area (Å²) >= 11 is 0.